The number of thiazole rings is 1. The lowest BCUT2D eigenvalue weighted by atomic mass is 10.0. The van der Waals surface area contributed by atoms with Crippen molar-refractivity contribution < 1.29 is 9.53 Å². The Balaban J connectivity index is 1.34. The third-order valence-corrected chi connectivity index (χ3v) is 6.13. The number of hydrogen-bond donors (Lipinski definition) is 1. The highest BCUT2D eigenvalue weighted by molar-refractivity contribution is 7.13. The summed E-state index contributed by atoms with van der Waals surface area (Å²) in [6.45, 7) is 2.78. The van der Waals surface area contributed by atoms with Gasteiger partial charge in [0.2, 0.25) is 0 Å². The van der Waals surface area contributed by atoms with E-state index in [0.29, 0.717) is 11.7 Å². The Labute approximate surface area is 158 Å². The summed E-state index contributed by atoms with van der Waals surface area (Å²) in [5.74, 6) is 1.78. The minimum atomic E-state index is 0.0571. The van der Waals surface area contributed by atoms with E-state index in [2.05, 4.69) is 10.3 Å². The lowest BCUT2D eigenvalue weighted by molar-refractivity contribution is 0.0700. The zero-order valence-corrected chi connectivity index (χ0v) is 15.9. The van der Waals surface area contributed by atoms with Gasteiger partial charge in [-0.1, -0.05) is 0 Å². The van der Waals surface area contributed by atoms with Crippen LogP contribution in [0, 0.1) is 5.92 Å². The fraction of sp³-hybridized carbons (Fsp3) is 0.500. The van der Waals surface area contributed by atoms with Crippen molar-refractivity contribution in [1.29, 1.82) is 0 Å². The number of amides is 1. The Kier molecular flexibility index (Phi) is 5.22. The van der Waals surface area contributed by atoms with E-state index in [4.69, 9.17) is 4.74 Å². The number of carbonyl (C=O) groups excluding carboxylic acids is 1. The molecule has 1 aliphatic heterocycles. The van der Waals surface area contributed by atoms with Gasteiger partial charge in [-0.15, -0.1) is 11.3 Å². The van der Waals surface area contributed by atoms with E-state index in [-0.39, 0.29) is 5.91 Å². The minimum absolute atomic E-state index is 0.0571. The Morgan fingerprint density at radius 3 is 2.62 bits per heavy atom. The molecule has 0 bridgehead atoms. The molecule has 1 aromatic carbocycles. The molecule has 2 aromatic rings. The first-order valence-corrected chi connectivity index (χ1v) is 10.2. The summed E-state index contributed by atoms with van der Waals surface area (Å²) < 4.78 is 5.19. The van der Waals surface area contributed by atoms with Crippen LogP contribution in [-0.2, 0) is 0 Å². The molecule has 0 atom stereocenters. The van der Waals surface area contributed by atoms with Crippen molar-refractivity contribution in [2.75, 3.05) is 26.7 Å². The van der Waals surface area contributed by atoms with Crippen LogP contribution in [0.2, 0.25) is 0 Å². The standard InChI is InChI=1S/C20H25N3O2S/c1-25-17-6-4-15(5-7-17)19-22-18(13-26-19)20(24)23-10-8-16(9-11-23)21-12-14-2-3-14/h4-7,13-14,16,21H,2-3,8-12H2,1H3. The molecular formula is C20H25N3O2S. The zero-order chi connectivity index (χ0) is 17.9. The van der Waals surface area contributed by atoms with E-state index in [1.54, 1.807) is 7.11 Å². The number of aromatic nitrogens is 1. The minimum Gasteiger partial charge on any atom is -0.497 e. The van der Waals surface area contributed by atoms with Crippen LogP contribution in [0.1, 0.15) is 36.2 Å². The van der Waals surface area contributed by atoms with E-state index < -0.39 is 0 Å². The molecule has 1 saturated carbocycles. The molecule has 2 aliphatic rings. The van der Waals surface area contributed by atoms with Crippen molar-refractivity contribution in [3.63, 3.8) is 0 Å². The lowest BCUT2D eigenvalue weighted by Gasteiger charge is -2.32. The second-order valence-electron chi connectivity index (χ2n) is 7.18. The van der Waals surface area contributed by atoms with Crippen LogP contribution in [0.15, 0.2) is 29.6 Å². The molecule has 1 aromatic heterocycles. The van der Waals surface area contributed by atoms with Crippen molar-refractivity contribution in [2.45, 2.75) is 31.7 Å². The zero-order valence-electron chi connectivity index (χ0n) is 15.1. The number of likely N-dealkylation sites (tertiary alicyclic amines) is 1. The predicted molar refractivity (Wildman–Crippen MR) is 104 cm³/mol. The molecule has 4 rings (SSSR count). The molecule has 5 nitrogen and oxygen atoms in total. The largest absolute Gasteiger partial charge is 0.497 e. The number of benzene rings is 1. The molecule has 0 unspecified atom stereocenters. The van der Waals surface area contributed by atoms with E-state index in [9.17, 15) is 4.79 Å². The lowest BCUT2D eigenvalue weighted by Crippen LogP contribution is -2.45. The van der Waals surface area contributed by atoms with E-state index >= 15 is 0 Å². The molecule has 0 radical (unpaired) electrons. The number of nitrogens with zero attached hydrogens (tertiary/aromatic N) is 2. The summed E-state index contributed by atoms with van der Waals surface area (Å²) in [4.78, 5) is 19.3. The normalized spacial score (nSPS) is 18.1. The first-order chi connectivity index (χ1) is 12.7. The van der Waals surface area contributed by atoms with Crippen molar-refractivity contribution >= 4 is 17.2 Å². The average molecular weight is 372 g/mol. The molecule has 1 aliphatic carbocycles. The molecule has 6 heteroatoms. The van der Waals surface area contributed by atoms with Crippen LogP contribution in [-0.4, -0.2) is 48.6 Å². The van der Waals surface area contributed by atoms with Crippen LogP contribution < -0.4 is 10.1 Å². The molecule has 26 heavy (non-hydrogen) atoms. The monoisotopic (exact) mass is 371 g/mol. The molecular weight excluding hydrogens is 346 g/mol. The van der Waals surface area contributed by atoms with Crippen LogP contribution in [0.5, 0.6) is 5.75 Å². The van der Waals surface area contributed by atoms with Gasteiger partial charge in [-0.3, -0.25) is 4.79 Å². The first-order valence-electron chi connectivity index (χ1n) is 9.35. The average Bonchev–Trinajstić information content (AvgIpc) is 3.40. The van der Waals surface area contributed by atoms with Gasteiger partial charge in [-0.25, -0.2) is 4.98 Å². The SMILES string of the molecule is COc1ccc(-c2nc(C(=O)N3CCC(NCC4CC4)CC3)cs2)cc1. The molecule has 0 spiro atoms. The highest BCUT2D eigenvalue weighted by atomic mass is 32.1. The van der Waals surface area contributed by atoms with E-state index in [1.165, 1.54) is 24.2 Å². The highest BCUT2D eigenvalue weighted by Crippen LogP contribution is 2.29. The number of carbonyl (C=O) groups is 1. The van der Waals surface area contributed by atoms with Gasteiger partial charge >= 0.3 is 0 Å². The Bertz CT molecular complexity index is 747. The van der Waals surface area contributed by atoms with E-state index in [0.717, 1.165) is 54.7 Å². The Morgan fingerprint density at radius 1 is 1.23 bits per heavy atom. The summed E-state index contributed by atoms with van der Waals surface area (Å²) in [6.07, 6.45) is 4.83. The van der Waals surface area contributed by atoms with Crippen molar-refractivity contribution in [1.82, 2.24) is 15.2 Å². The molecule has 1 amide bonds. The number of nitrogens with one attached hydrogen (secondary N) is 1. The Hall–Kier alpha value is -1.92. The maximum Gasteiger partial charge on any atom is 0.273 e. The molecule has 1 saturated heterocycles. The second-order valence-corrected chi connectivity index (χ2v) is 8.04. The van der Waals surface area contributed by atoms with Gasteiger partial charge in [-0.05, 0) is 62.4 Å². The van der Waals surface area contributed by atoms with Gasteiger partial charge in [0, 0.05) is 30.1 Å². The van der Waals surface area contributed by atoms with Gasteiger partial charge in [0.1, 0.15) is 16.5 Å². The van der Waals surface area contributed by atoms with Crippen LogP contribution in [0.25, 0.3) is 10.6 Å². The number of ether oxygens (including phenoxy) is 1. The molecule has 2 heterocycles. The second kappa shape index (κ2) is 7.76. The number of rotatable bonds is 6. The maximum atomic E-state index is 12.8. The van der Waals surface area contributed by atoms with Gasteiger partial charge in [-0.2, -0.15) is 0 Å². The van der Waals surface area contributed by atoms with Crippen molar-refractivity contribution in [2.24, 2.45) is 5.92 Å². The van der Waals surface area contributed by atoms with Crippen LogP contribution >= 0.6 is 11.3 Å². The van der Waals surface area contributed by atoms with Gasteiger partial charge in [0.05, 0.1) is 7.11 Å². The maximum absolute atomic E-state index is 12.8. The summed E-state index contributed by atoms with van der Waals surface area (Å²) in [6, 6.07) is 8.34. The smallest absolute Gasteiger partial charge is 0.273 e. The quantitative estimate of drug-likeness (QED) is 0.845. The number of methoxy groups -OCH3 is 1. The number of hydrogen-bond acceptors (Lipinski definition) is 5. The summed E-state index contributed by atoms with van der Waals surface area (Å²) >= 11 is 1.52. The summed E-state index contributed by atoms with van der Waals surface area (Å²) in [7, 11) is 1.65. The van der Waals surface area contributed by atoms with E-state index in [1.807, 2.05) is 34.5 Å². The first kappa shape index (κ1) is 17.5. The van der Waals surface area contributed by atoms with Crippen LogP contribution in [0.4, 0.5) is 0 Å². The van der Waals surface area contributed by atoms with Crippen molar-refractivity contribution in [3.05, 3.63) is 35.3 Å². The molecule has 1 N–H and O–H groups in total. The highest BCUT2D eigenvalue weighted by Gasteiger charge is 2.27. The third-order valence-electron chi connectivity index (χ3n) is 5.23. The molecule has 138 valence electrons. The Morgan fingerprint density at radius 2 is 1.96 bits per heavy atom. The topological polar surface area (TPSA) is 54.5 Å². The van der Waals surface area contributed by atoms with Gasteiger partial charge in [0.25, 0.3) is 5.91 Å². The van der Waals surface area contributed by atoms with Crippen LogP contribution in [0.3, 0.4) is 0 Å². The summed E-state index contributed by atoms with van der Waals surface area (Å²) in [5.41, 5.74) is 1.57. The van der Waals surface area contributed by atoms with Gasteiger partial charge in [0.15, 0.2) is 0 Å². The predicted octanol–water partition coefficient (Wildman–Crippen LogP) is 3.42. The van der Waals surface area contributed by atoms with Crippen molar-refractivity contribution in [3.8, 4) is 16.3 Å². The fourth-order valence-corrected chi connectivity index (χ4v) is 4.14. The number of piperidine rings is 1. The third kappa shape index (κ3) is 4.07. The fourth-order valence-electron chi connectivity index (χ4n) is 3.34. The molecule has 2 fully saturated rings. The van der Waals surface area contributed by atoms with Gasteiger partial charge < -0.3 is 15.0 Å². The summed E-state index contributed by atoms with van der Waals surface area (Å²) in [5, 5.41) is 6.40.